The average molecular weight is 239 g/mol. The predicted molar refractivity (Wildman–Crippen MR) is 59.1 cm³/mol. The van der Waals surface area contributed by atoms with Gasteiger partial charge in [0.1, 0.15) is 17.1 Å². The number of ether oxygens (including phenoxy) is 1. The predicted octanol–water partition coefficient (Wildman–Crippen LogP) is 0.416. The van der Waals surface area contributed by atoms with Crippen molar-refractivity contribution in [2.24, 2.45) is 5.73 Å². The minimum absolute atomic E-state index is 0.0406. The molecule has 17 heavy (non-hydrogen) atoms. The number of rotatable bonds is 4. The van der Waals surface area contributed by atoms with Gasteiger partial charge in [0, 0.05) is 12.5 Å². The number of phenolic OH excluding ortho intramolecular Hbond substituents is 2. The van der Waals surface area contributed by atoms with Crippen molar-refractivity contribution in [3.63, 3.8) is 0 Å². The molecule has 0 heterocycles. The minimum Gasteiger partial charge on any atom is -0.507 e. The number of Topliss-reactive ketones (excluding diaryl/α,β-unsaturated/α-hetero) is 1. The molecule has 1 aromatic carbocycles. The molecule has 0 aliphatic rings. The van der Waals surface area contributed by atoms with Crippen molar-refractivity contribution < 1.29 is 24.5 Å². The first-order valence-corrected chi connectivity index (χ1v) is 4.88. The van der Waals surface area contributed by atoms with Gasteiger partial charge >= 0.3 is 5.97 Å². The highest BCUT2D eigenvalue weighted by Gasteiger charge is 2.19. The fourth-order valence-corrected chi connectivity index (χ4v) is 1.34. The van der Waals surface area contributed by atoms with Crippen LogP contribution in [0.25, 0.3) is 0 Å². The Bertz CT molecular complexity index is 455. The van der Waals surface area contributed by atoms with Gasteiger partial charge in [0.25, 0.3) is 0 Å². The van der Waals surface area contributed by atoms with E-state index in [9.17, 15) is 19.8 Å². The highest BCUT2D eigenvalue weighted by atomic mass is 16.5. The first kappa shape index (κ1) is 13.0. The smallest absolute Gasteiger partial charge is 0.341 e. The molecule has 0 spiro atoms. The van der Waals surface area contributed by atoms with E-state index in [-0.39, 0.29) is 24.1 Å². The Labute approximate surface area is 97.6 Å². The zero-order valence-electron chi connectivity index (χ0n) is 9.27. The van der Waals surface area contributed by atoms with Crippen LogP contribution in [-0.2, 0) is 4.74 Å². The number of hydrogen-bond acceptors (Lipinski definition) is 6. The van der Waals surface area contributed by atoms with Gasteiger partial charge in [-0.25, -0.2) is 4.79 Å². The van der Waals surface area contributed by atoms with Crippen LogP contribution in [0.15, 0.2) is 12.1 Å². The van der Waals surface area contributed by atoms with Crippen molar-refractivity contribution in [2.45, 2.75) is 6.42 Å². The third-order valence-electron chi connectivity index (χ3n) is 2.19. The van der Waals surface area contributed by atoms with Gasteiger partial charge in [-0.15, -0.1) is 0 Å². The third kappa shape index (κ3) is 2.73. The van der Waals surface area contributed by atoms with Crippen molar-refractivity contribution in [3.8, 4) is 11.5 Å². The lowest BCUT2D eigenvalue weighted by Crippen LogP contribution is -2.10. The topological polar surface area (TPSA) is 110 Å². The van der Waals surface area contributed by atoms with Gasteiger partial charge in [0.15, 0.2) is 5.78 Å². The van der Waals surface area contributed by atoms with E-state index in [1.165, 1.54) is 0 Å². The Hall–Kier alpha value is -2.08. The van der Waals surface area contributed by atoms with E-state index in [0.717, 1.165) is 19.2 Å². The molecule has 0 radical (unpaired) electrons. The number of ketones is 1. The van der Waals surface area contributed by atoms with Gasteiger partial charge < -0.3 is 20.7 Å². The van der Waals surface area contributed by atoms with E-state index < -0.39 is 23.3 Å². The van der Waals surface area contributed by atoms with E-state index in [1.54, 1.807) is 0 Å². The molecule has 1 aromatic rings. The van der Waals surface area contributed by atoms with Gasteiger partial charge in [-0.2, -0.15) is 0 Å². The molecular weight excluding hydrogens is 226 g/mol. The number of esters is 1. The summed E-state index contributed by atoms with van der Waals surface area (Å²) in [6.45, 7) is 0.132. The van der Waals surface area contributed by atoms with Gasteiger partial charge in [-0.05, 0) is 12.6 Å². The van der Waals surface area contributed by atoms with Crippen molar-refractivity contribution in [1.29, 1.82) is 0 Å². The lowest BCUT2D eigenvalue weighted by Gasteiger charge is -2.07. The first-order valence-electron chi connectivity index (χ1n) is 4.88. The molecule has 6 nitrogen and oxygen atoms in total. The second-order valence-corrected chi connectivity index (χ2v) is 3.34. The number of nitrogens with two attached hydrogens (primary N) is 1. The summed E-state index contributed by atoms with van der Waals surface area (Å²) in [5, 5.41) is 18.9. The summed E-state index contributed by atoms with van der Waals surface area (Å²) in [5.74, 6) is -2.04. The van der Waals surface area contributed by atoms with E-state index in [0.29, 0.717) is 0 Å². The molecular formula is C11H13NO5. The zero-order valence-corrected chi connectivity index (χ0v) is 9.27. The Morgan fingerprint density at radius 1 is 1.24 bits per heavy atom. The van der Waals surface area contributed by atoms with Crippen molar-refractivity contribution >= 4 is 11.8 Å². The van der Waals surface area contributed by atoms with Crippen LogP contribution < -0.4 is 5.73 Å². The quantitative estimate of drug-likeness (QED) is 0.518. The molecule has 0 amide bonds. The lowest BCUT2D eigenvalue weighted by atomic mass is 10.0. The van der Waals surface area contributed by atoms with E-state index in [1.807, 2.05) is 0 Å². The van der Waals surface area contributed by atoms with Crippen molar-refractivity contribution in [2.75, 3.05) is 13.7 Å². The molecule has 4 N–H and O–H groups in total. The zero-order chi connectivity index (χ0) is 13.0. The molecule has 0 aliphatic carbocycles. The van der Waals surface area contributed by atoms with Crippen LogP contribution in [-0.4, -0.2) is 35.6 Å². The largest absolute Gasteiger partial charge is 0.507 e. The molecule has 0 atom stereocenters. The third-order valence-corrected chi connectivity index (χ3v) is 2.19. The summed E-state index contributed by atoms with van der Waals surface area (Å²) >= 11 is 0. The van der Waals surface area contributed by atoms with Crippen LogP contribution in [0.2, 0.25) is 0 Å². The highest BCUT2D eigenvalue weighted by molar-refractivity contribution is 6.02. The maximum atomic E-state index is 11.6. The molecule has 6 heteroatoms. The van der Waals surface area contributed by atoms with Gasteiger partial charge in [-0.1, -0.05) is 0 Å². The lowest BCUT2D eigenvalue weighted by molar-refractivity contribution is 0.0597. The minimum atomic E-state index is -0.788. The number of benzene rings is 1. The summed E-state index contributed by atoms with van der Waals surface area (Å²) in [7, 11) is 1.15. The second-order valence-electron chi connectivity index (χ2n) is 3.34. The number of hydrogen-bond donors (Lipinski definition) is 3. The van der Waals surface area contributed by atoms with Crippen LogP contribution >= 0.6 is 0 Å². The first-order chi connectivity index (χ1) is 8.01. The molecule has 92 valence electrons. The number of methoxy groups -OCH3 is 1. The summed E-state index contributed by atoms with van der Waals surface area (Å²) in [6.07, 6.45) is 0.0406. The summed E-state index contributed by atoms with van der Waals surface area (Å²) in [6, 6.07) is 2.02. The molecule has 0 fully saturated rings. The summed E-state index contributed by atoms with van der Waals surface area (Å²) in [4.78, 5) is 22.8. The van der Waals surface area contributed by atoms with Crippen LogP contribution in [0.3, 0.4) is 0 Å². The van der Waals surface area contributed by atoms with E-state index in [2.05, 4.69) is 4.74 Å². The maximum Gasteiger partial charge on any atom is 0.341 e. The molecule has 0 saturated carbocycles. The molecule has 0 saturated heterocycles. The number of carbonyl (C=O) groups is 2. The Morgan fingerprint density at radius 2 is 1.82 bits per heavy atom. The van der Waals surface area contributed by atoms with Crippen LogP contribution in [0.5, 0.6) is 11.5 Å². The Balaban J connectivity index is 3.23. The number of carbonyl (C=O) groups excluding carboxylic acids is 2. The van der Waals surface area contributed by atoms with Gasteiger partial charge in [0.05, 0.1) is 12.7 Å². The molecule has 0 aliphatic heterocycles. The SMILES string of the molecule is COC(=O)c1cc(C(=O)CCN)c(O)cc1O. The van der Waals surface area contributed by atoms with Crippen LogP contribution in [0.1, 0.15) is 27.1 Å². The summed E-state index contributed by atoms with van der Waals surface area (Å²) in [5.41, 5.74) is 4.99. The fourth-order valence-electron chi connectivity index (χ4n) is 1.34. The molecule has 0 bridgehead atoms. The Morgan fingerprint density at radius 3 is 2.35 bits per heavy atom. The normalized spacial score (nSPS) is 10.0. The van der Waals surface area contributed by atoms with Crippen molar-refractivity contribution in [1.82, 2.24) is 0 Å². The van der Waals surface area contributed by atoms with Crippen LogP contribution in [0.4, 0.5) is 0 Å². The van der Waals surface area contributed by atoms with Gasteiger partial charge in [0.2, 0.25) is 0 Å². The Kier molecular flexibility index (Phi) is 4.06. The number of aromatic hydroxyl groups is 2. The van der Waals surface area contributed by atoms with E-state index >= 15 is 0 Å². The van der Waals surface area contributed by atoms with Crippen LogP contribution in [0, 0.1) is 0 Å². The average Bonchev–Trinajstić information content (AvgIpc) is 2.28. The molecule has 0 unspecified atom stereocenters. The second kappa shape index (κ2) is 5.31. The fraction of sp³-hybridized carbons (Fsp3) is 0.273. The number of phenols is 2. The van der Waals surface area contributed by atoms with Gasteiger partial charge in [-0.3, -0.25) is 4.79 Å². The monoisotopic (exact) mass is 239 g/mol. The highest BCUT2D eigenvalue weighted by Crippen LogP contribution is 2.28. The molecule has 0 aromatic heterocycles. The maximum absolute atomic E-state index is 11.6. The standard InChI is InChI=1S/C11H13NO5/c1-17-11(16)7-4-6(8(13)2-3-12)9(14)5-10(7)15/h4-5,14-15H,2-3,12H2,1H3. The van der Waals surface area contributed by atoms with Crippen molar-refractivity contribution in [3.05, 3.63) is 23.3 Å². The summed E-state index contributed by atoms with van der Waals surface area (Å²) < 4.78 is 4.44. The molecule has 1 rings (SSSR count). The van der Waals surface area contributed by atoms with E-state index in [4.69, 9.17) is 5.73 Å².